The van der Waals surface area contributed by atoms with Gasteiger partial charge in [-0.2, -0.15) is 0 Å². The van der Waals surface area contributed by atoms with Gasteiger partial charge in [-0.05, 0) is 31.9 Å². The van der Waals surface area contributed by atoms with E-state index in [1.165, 1.54) is 32.0 Å². The lowest BCUT2D eigenvalue weighted by Gasteiger charge is -2.54. The standard InChI is InChI=1S/C21H22N2O8/c1-19(23)10-6-8-12(14(25)11-7(20(8,2)30)4-3-5-9(11)24)16(27)21(10,31)17(28)13(15(19)26)18(22)29/h3-5,8,10,24,26-27,30-31H,6,23H2,1-2H3,(H2,22,29)/t8?,10?,19-,20?,21?/m0/s1. The molecule has 1 aromatic rings. The number of carbonyl (C=O) groups excluding carboxylic acids is 3. The highest BCUT2D eigenvalue weighted by Gasteiger charge is 2.67. The van der Waals surface area contributed by atoms with Crippen LogP contribution in [0.15, 0.2) is 40.9 Å². The van der Waals surface area contributed by atoms with Crippen molar-refractivity contribution in [2.45, 2.75) is 37.0 Å². The van der Waals surface area contributed by atoms with Crippen LogP contribution in [0.1, 0.15) is 36.2 Å². The highest BCUT2D eigenvalue weighted by atomic mass is 16.3. The fourth-order valence-electron chi connectivity index (χ4n) is 5.26. The topological polar surface area (TPSA) is 204 Å². The van der Waals surface area contributed by atoms with Crippen molar-refractivity contribution in [3.05, 3.63) is 52.0 Å². The molecule has 0 heterocycles. The molecule has 0 radical (unpaired) electrons. The minimum absolute atomic E-state index is 0.0999. The summed E-state index contributed by atoms with van der Waals surface area (Å²) in [5.74, 6) is -8.61. The van der Waals surface area contributed by atoms with Crippen LogP contribution in [0.3, 0.4) is 0 Å². The Hall–Kier alpha value is -3.21. The van der Waals surface area contributed by atoms with Crippen LogP contribution in [-0.4, -0.2) is 54.1 Å². The van der Waals surface area contributed by atoms with Gasteiger partial charge in [0.1, 0.15) is 22.8 Å². The van der Waals surface area contributed by atoms with Crippen LogP contribution in [0.25, 0.3) is 0 Å². The predicted molar refractivity (Wildman–Crippen MR) is 105 cm³/mol. The third-order valence-corrected chi connectivity index (χ3v) is 6.97. The fourth-order valence-corrected chi connectivity index (χ4v) is 5.26. The highest BCUT2D eigenvalue weighted by Crippen LogP contribution is 2.57. The molecule has 0 saturated heterocycles. The first-order valence-electron chi connectivity index (χ1n) is 9.52. The number of aromatic hydroxyl groups is 1. The first kappa shape index (κ1) is 21.0. The van der Waals surface area contributed by atoms with Crippen LogP contribution in [0.5, 0.6) is 5.75 Å². The molecule has 0 aliphatic heterocycles. The van der Waals surface area contributed by atoms with Gasteiger partial charge in [0.25, 0.3) is 5.91 Å². The zero-order chi connectivity index (χ0) is 23.3. The van der Waals surface area contributed by atoms with Crippen molar-refractivity contribution in [3.8, 4) is 5.75 Å². The SMILES string of the molecule is CC1(O)c2cccc(O)c2C(=O)C2=C(O)C3(O)C(=O)C(C(N)=O)=C(O)[C@@](C)(N)C3CC21. The van der Waals surface area contributed by atoms with Crippen molar-refractivity contribution in [1.29, 1.82) is 0 Å². The lowest BCUT2D eigenvalue weighted by atomic mass is 9.53. The van der Waals surface area contributed by atoms with Crippen molar-refractivity contribution in [1.82, 2.24) is 0 Å². The molecule has 0 aromatic heterocycles. The predicted octanol–water partition coefficient (Wildman–Crippen LogP) is -0.427. The molecule has 1 aromatic carbocycles. The second kappa shape index (κ2) is 5.94. The molecule has 0 spiro atoms. The number of ketones is 2. The maximum atomic E-state index is 13.2. The molecular formula is C21H22N2O8. The van der Waals surface area contributed by atoms with Crippen molar-refractivity contribution in [2.24, 2.45) is 23.3 Å². The molecule has 9 N–H and O–H groups in total. The van der Waals surface area contributed by atoms with E-state index in [4.69, 9.17) is 11.5 Å². The second-order valence-corrected chi connectivity index (χ2v) is 8.75. The Morgan fingerprint density at radius 2 is 1.71 bits per heavy atom. The number of benzene rings is 1. The lowest BCUT2D eigenvalue weighted by molar-refractivity contribution is -0.152. The van der Waals surface area contributed by atoms with Gasteiger partial charge in [0.05, 0.1) is 16.7 Å². The van der Waals surface area contributed by atoms with Crippen LogP contribution >= 0.6 is 0 Å². The number of phenols is 1. The second-order valence-electron chi connectivity index (χ2n) is 8.75. The van der Waals surface area contributed by atoms with E-state index in [-0.39, 0.29) is 17.5 Å². The van der Waals surface area contributed by atoms with E-state index in [1.54, 1.807) is 0 Å². The number of primary amides is 1. The van der Waals surface area contributed by atoms with Gasteiger partial charge in [-0.1, -0.05) is 12.1 Å². The van der Waals surface area contributed by atoms with Crippen LogP contribution in [-0.2, 0) is 15.2 Å². The highest BCUT2D eigenvalue weighted by molar-refractivity contribution is 6.25. The summed E-state index contributed by atoms with van der Waals surface area (Å²) >= 11 is 0. The van der Waals surface area contributed by atoms with Gasteiger partial charge in [-0.15, -0.1) is 0 Å². The fraction of sp³-hybridized carbons (Fsp3) is 0.381. The summed E-state index contributed by atoms with van der Waals surface area (Å²) in [7, 11) is 0. The van der Waals surface area contributed by atoms with Gasteiger partial charge in [0.15, 0.2) is 11.4 Å². The monoisotopic (exact) mass is 430 g/mol. The van der Waals surface area contributed by atoms with E-state index in [2.05, 4.69) is 0 Å². The molecule has 164 valence electrons. The Labute approximate surface area is 176 Å². The van der Waals surface area contributed by atoms with Gasteiger partial charge < -0.3 is 37.0 Å². The van der Waals surface area contributed by atoms with Crippen LogP contribution < -0.4 is 11.5 Å². The summed E-state index contributed by atoms with van der Waals surface area (Å²) in [6.07, 6.45) is -0.307. The molecular weight excluding hydrogens is 408 g/mol. The average molecular weight is 430 g/mol. The minimum Gasteiger partial charge on any atom is -0.509 e. The number of Topliss-reactive ketones (excluding diaryl/α,β-unsaturated/α-hetero) is 2. The summed E-state index contributed by atoms with van der Waals surface area (Å²) < 4.78 is 0. The molecule has 4 rings (SSSR count). The molecule has 3 aliphatic rings. The first-order valence-corrected chi connectivity index (χ1v) is 9.52. The van der Waals surface area contributed by atoms with Crippen molar-refractivity contribution >= 4 is 17.5 Å². The van der Waals surface area contributed by atoms with Gasteiger partial charge in [-0.25, -0.2) is 0 Å². The minimum atomic E-state index is -2.85. The number of hydrogen-bond donors (Lipinski definition) is 7. The molecule has 3 aliphatic carbocycles. The molecule has 1 amide bonds. The molecule has 10 heteroatoms. The Morgan fingerprint density at radius 1 is 1.10 bits per heavy atom. The van der Waals surface area contributed by atoms with E-state index in [1.807, 2.05) is 0 Å². The number of fused-ring (bicyclic) bond motifs is 3. The summed E-state index contributed by atoms with van der Waals surface area (Å²) in [6.45, 7) is 2.60. The van der Waals surface area contributed by atoms with E-state index in [0.717, 1.165) is 0 Å². The molecule has 5 atom stereocenters. The van der Waals surface area contributed by atoms with Crippen molar-refractivity contribution < 1.29 is 39.9 Å². The van der Waals surface area contributed by atoms with E-state index in [9.17, 15) is 39.9 Å². The van der Waals surface area contributed by atoms with Gasteiger partial charge >= 0.3 is 0 Å². The Bertz CT molecular complexity index is 1150. The number of aliphatic hydroxyl groups is 4. The maximum absolute atomic E-state index is 13.2. The number of phenolic OH excluding ortho intramolecular Hbond substituents is 1. The number of hydrogen-bond acceptors (Lipinski definition) is 9. The van der Waals surface area contributed by atoms with Gasteiger partial charge in [0, 0.05) is 17.4 Å². The van der Waals surface area contributed by atoms with Gasteiger partial charge in [-0.3, -0.25) is 14.4 Å². The van der Waals surface area contributed by atoms with Crippen LogP contribution in [0, 0.1) is 11.8 Å². The zero-order valence-corrected chi connectivity index (χ0v) is 16.7. The molecule has 4 unspecified atom stereocenters. The molecule has 0 saturated carbocycles. The average Bonchev–Trinajstić information content (AvgIpc) is 2.66. The van der Waals surface area contributed by atoms with E-state index < -0.39 is 74.5 Å². The molecule has 31 heavy (non-hydrogen) atoms. The maximum Gasteiger partial charge on any atom is 0.255 e. The Kier molecular flexibility index (Phi) is 4.03. The lowest BCUT2D eigenvalue weighted by Crippen LogP contribution is -2.68. The molecule has 10 nitrogen and oxygen atoms in total. The molecule has 0 fully saturated rings. The normalized spacial score (nSPS) is 37.3. The zero-order valence-electron chi connectivity index (χ0n) is 16.7. The van der Waals surface area contributed by atoms with Crippen molar-refractivity contribution in [3.63, 3.8) is 0 Å². The Balaban J connectivity index is 2.06. The van der Waals surface area contributed by atoms with Crippen LogP contribution in [0.2, 0.25) is 0 Å². The Morgan fingerprint density at radius 3 is 2.29 bits per heavy atom. The number of amides is 1. The largest absolute Gasteiger partial charge is 0.509 e. The number of carbonyl (C=O) groups is 3. The van der Waals surface area contributed by atoms with E-state index in [0.29, 0.717) is 0 Å². The smallest absolute Gasteiger partial charge is 0.255 e. The third kappa shape index (κ3) is 2.29. The third-order valence-electron chi connectivity index (χ3n) is 6.97. The summed E-state index contributed by atoms with van der Waals surface area (Å²) in [4.78, 5) is 38.1. The summed E-state index contributed by atoms with van der Waals surface area (Å²) in [5, 5.41) is 54.5. The number of rotatable bonds is 1. The quantitative estimate of drug-likeness (QED) is 0.288. The first-order chi connectivity index (χ1) is 14.2. The molecule has 0 bridgehead atoms. The van der Waals surface area contributed by atoms with Crippen molar-refractivity contribution in [2.75, 3.05) is 0 Å². The van der Waals surface area contributed by atoms with Crippen LogP contribution in [0.4, 0.5) is 0 Å². The number of nitrogens with two attached hydrogens (primary N) is 2. The number of aliphatic hydroxyl groups excluding tert-OH is 2. The summed E-state index contributed by atoms with van der Waals surface area (Å²) in [6, 6.07) is 4.10. The van der Waals surface area contributed by atoms with Gasteiger partial charge in [0.2, 0.25) is 5.78 Å². The van der Waals surface area contributed by atoms with E-state index >= 15 is 0 Å². The summed E-state index contributed by atoms with van der Waals surface area (Å²) in [5.41, 5.74) is 3.20.